The lowest BCUT2D eigenvalue weighted by molar-refractivity contribution is 0.0938. The van der Waals surface area contributed by atoms with Crippen LogP contribution in [0.2, 0.25) is 0 Å². The molecule has 0 atom stereocenters. The molecule has 1 aliphatic carbocycles. The van der Waals surface area contributed by atoms with Crippen LogP contribution in [0.1, 0.15) is 35.2 Å². The molecule has 2 heterocycles. The van der Waals surface area contributed by atoms with Gasteiger partial charge in [-0.2, -0.15) is 5.26 Å². The largest absolute Gasteiger partial charge is 0.352 e. The Labute approximate surface area is 168 Å². The average Bonchev–Trinajstić information content (AvgIpc) is 3.09. The highest BCUT2D eigenvalue weighted by Gasteiger charge is 2.18. The number of hydrogen-bond donors (Lipinski definition) is 2. The Morgan fingerprint density at radius 1 is 1.24 bits per heavy atom. The fourth-order valence-corrected chi connectivity index (χ4v) is 3.31. The Bertz CT molecular complexity index is 1100. The molecule has 1 aliphatic rings. The SMILES string of the molecule is N#CCc1ccc(-c2cn(-c3ccc(C(=O)NCC4CCC4)cn3)[nH]c2=O)cc1. The Kier molecular flexibility index (Phi) is 5.25. The lowest BCUT2D eigenvalue weighted by atomic mass is 9.85. The number of nitriles is 1. The summed E-state index contributed by atoms with van der Waals surface area (Å²) >= 11 is 0. The third kappa shape index (κ3) is 4.11. The van der Waals surface area contributed by atoms with E-state index in [0.29, 0.717) is 35.8 Å². The van der Waals surface area contributed by atoms with Crippen molar-refractivity contribution in [2.75, 3.05) is 6.54 Å². The standard InChI is InChI=1S/C22H21N5O2/c23-11-10-15-4-6-17(7-5-15)19-14-27(26-22(19)29)20-9-8-18(13-24-20)21(28)25-12-16-2-1-3-16/h4-9,13-14,16H,1-3,10,12H2,(H,25,28)(H,26,29). The molecule has 29 heavy (non-hydrogen) atoms. The van der Waals surface area contributed by atoms with Crippen LogP contribution in [0.4, 0.5) is 0 Å². The first-order chi connectivity index (χ1) is 14.1. The Hall–Kier alpha value is -3.66. The summed E-state index contributed by atoms with van der Waals surface area (Å²) in [6, 6.07) is 12.8. The zero-order valence-electron chi connectivity index (χ0n) is 15.9. The number of aromatic nitrogens is 3. The van der Waals surface area contributed by atoms with Crippen LogP contribution >= 0.6 is 0 Å². The van der Waals surface area contributed by atoms with Crippen molar-refractivity contribution in [3.05, 3.63) is 70.3 Å². The average molecular weight is 387 g/mol. The Balaban J connectivity index is 1.48. The summed E-state index contributed by atoms with van der Waals surface area (Å²) in [5.41, 5.74) is 2.44. The summed E-state index contributed by atoms with van der Waals surface area (Å²) in [4.78, 5) is 28.9. The van der Waals surface area contributed by atoms with Gasteiger partial charge in [0, 0.05) is 18.9 Å². The molecule has 4 rings (SSSR count). The van der Waals surface area contributed by atoms with Crippen LogP contribution in [-0.4, -0.2) is 27.2 Å². The molecule has 1 amide bonds. The minimum Gasteiger partial charge on any atom is -0.352 e. The fourth-order valence-electron chi connectivity index (χ4n) is 3.31. The number of H-pyrrole nitrogens is 1. The Morgan fingerprint density at radius 3 is 2.66 bits per heavy atom. The third-order valence-electron chi connectivity index (χ3n) is 5.31. The van der Waals surface area contributed by atoms with Crippen LogP contribution in [0.3, 0.4) is 0 Å². The predicted octanol–water partition coefficient (Wildman–Crippen LogP) is 2.82. The van der Waals surface area contributed by atoms with Crippen molar-refractivity contribution in [2.24, 2.45) is 5.92 Å². The highest BCUT2D eigenvalue weighted by Crippen LogP contribution is 2.25. The number of hydrogen-bond acceptors (Lipinski definition) is 4. The molecule has 1 aromatic carbocycles. The maximum atomic E-state index is 12.4. The van der Waals surface area contributed by atoms with E-state index < -0.39 is 0 Å². The van der Waals surface area contributed by atoms with E-state index in [1.807, 2.05) is 24.3 Å². The quantitative estimate of drug-likeness (QED) is 0.679. The van der Waals surface area contributed by atoms with Crippen LogP contribution in [0.5, 0.6) is 0 Å². The van der Waals surface area contributed by atoms with E-state index in [1.165, 1.54) is 30.1 Å². The van der Waals surface area contributed by atoms with Gasteiger partial charge in [-0.25, -0.2) is 9.67 Å². The maximum Gasteiger partial charge on any atom is 0.272 e. The normalized spacial score (nSPS) is 13.5. The highest BCUT2D eigenvalue weighted by molar-refractivity contribution is 5.93. The molecule has 146 valence electrons. The lowest BCUT2D eigenvalue weighted by Crippen LogP contribution is -2.32. The van der Waals surface area contributed by atoms with Crippen LogP contribution in [0.25, 0.3) is 16.9 Å². The molecule has 0 saturated heterocycles. The third-order valence-corrected chi connectivity index (χ3v) is 5.31. The number of pyridine rings is 1. The molecule has 1 fully saturated rings. The number of nitrogens with zero attached hydrogens (tertiary/aromatic N) is 3. The second-order valence-corrected chi connectivity index (χ2v) is 7.30. The van der Waals surface area contributed by atoms with Crippen molar-refractivity contribution in [2.45, 2.75) is 25.7 Å². The number of rotatable bonds is 6. The number of nitrogens with one attached hydrogen (secondary N) is 2. The van der Waals surface area contributed by atoms with Crippen molar-refractivity contribution in [1.82, 2.24) is 20.1 Å². The van der Waals surface area contributed by atoms with Crippen molar-refractivity contribution in [1.29, 1.82) is 5.26 Å². The molecule has 7 heteroatoms. The van der Waals surface area contributed by atoms with E-state index in [0.717, 1.165) is 11.1 Å². The summed E-state index contributed by atoms with van der Waals surface area (Å²) in [5.74, 6) is 0.989. The van der Waals surface area contributed by atoms with Crippen molar-refractivity contribution in [3.8, 4) is 23.0 Å². The van der Waals surface area contributed by atoms with Gasteiger partial charge in [-0.1, -0.05) is 30.7 Å². The van der Waals surface area contributed by atoms with Gasteiger partial charge in [0.1, 0.15) is 0 Å². The van der Waals surface area contributed by atoms with Gasteiger partial charge in [0.05, 0.1) is 23.6 Å². The van der Waals surface area contributed by atoms with Crippen molar-refractivity contribution in [3.63, 3.8) is 0 Å². The van der Waals surface area contributed by atoms with Crippen LogP contribution in [0, 0.1) is 17.2 Å². The van der Waals surface area contributed by atoms with Gasteiger partial charge in [-0.15, -0.1) is 0 Å². The summed E-state index contributed by atoms with van der Waals surface area (Å²) in [5, 5.41) is 14.5. The second kappa shape index (κ2) is 8.15. The topological polar surface area (TPSA) is 104 Å². The zero-order chi connectivity index (χ0) is 20.2. The first-order valence-corrected chi connectivity index (χ1v) is 9.66. The number of carbonyl (C=O) groups excluding carboxylic acids is 1. The van der Waals surface area contributed by atoms with Crippen LogP contribution in [0.15, 0.2) is 53.6 Å². The van der Waals surface area contributed by atoms with E-state index in [2.05, 4.69) is 21.5 Å². The van der Waals surface area contributed by atoms with Crippen LogP contribution < -0.4 is 10.9 Å². The molecular formula is C22H21N5O2. The molecule has 1 saturated carbocycles. The maximum absolute atomic E-state index is 12.4. The highest BCUT2D eigenvalue weighted by atomic mass is 16.1. The van der Waals surface area contributed by atoms with Gasteiger partial charge >= 0.3 is 0 Å². The summed E-state index contributed by atoms with van der Waals surface area (Å²) < 4.78 is 1.54. The molecule has 2 N–H and O–H groups in total. The molecule has 0 aliphatic heterocycles. The van der Waals surface area contributed by atoms with Gasteiger partial charge in [0.25, 0.3) is 11.5 Å². The van der Waals surface area contributed by atoms with E-state index >= 15 is 0 Å². The zero-order valence-corrected chi connectivity index (χ0v) is 15.9. The monoisotopic (exact) mass is 387 g/mol. The van der Waals surface area contributed by atoms with Crippen molar-refractivity contribution >= 4 is 5.91 Å². The molecule has 2 aromatic heterocycles. The van der Waals surface area contributed by atoms with Gasteiger partial charge in [0.2, 0.25) is 0 Å². The summed E-state index contributed by atoms with van der Waals surface area (Å²) in [7, 11) is 0. The number of amides is 1. The predicted molar refractivity (Wildman–Crippen MR) is 109 cm³/mol. The molecule has 3 aromatic rings. The van der Waals surface area contributed by atoms with Gasteiger partial charge < -0.3 is 5.32 Å². The number of aromatic amines is 1. The summed E-state index contributed by atoms with van der Waals surface area (Å²) in [6.07, 6.45) is 7.14. The number of carbonyl (C=O) groups is 1. The minimum absolute atomic E-state index is 0.130. The minimum atomic E-state index is -0.234. The molecule has 7 nitrogen and oxygen atoms in total. The van der Waals surface area contributed by atoms with E-state index in [-0.39, 0.29) is 11.5 Å². The van der Waals surface area contributed by atoms with Gasteiger partial charge in [0.15, 0.2) is 5.82 Å². The van der Waals surface area contributed by atoms with Gasteiger partial charge in [-0.05, 0) is 42.0 Å². The molecule has 0 unspecified atom stereocenters. The van der Waals surface area contributed by atoms with E-state index in [4.69, 9.17) is 5.26 Å². The Morgan fingerprint density at radius 2 is 2.03 bits per heavy atom. The molecular weight excluding hydrogens is 366 g/mol. The first-order valence-electron chi connectivity index (χ1n) is 9.66. The number of benzene rings is 1. The molecule has 0 radical (unpaired) electrons. The summed E-state index contributed by atoms with van der Waals surface area (Å²) in [6.45, 7) is 0.710. The van der Waals surface area contributed by atoms with Crippen LogP contribution in [-0.2, 0) is 6.42 Å². The smallest absolute Gasteiger partial charge is 0.272 e. The second-order valence-electron chi connectivity index (χ2n) is 7.30. The van der Waals surface area contributed by atoms with E-state index in [1.54, 1.807) is 18.3 Å². The first kappa shape index (κ1) is 18.7. The van der Waals surface area contributed by atoms with Crippen molar-refractivity contribution < 1.29 is 4.79 Å². The fraction of sp³-hybridized carbons (Fsp3) is 0.273. The molecule has 0 bridgehead atoms. The molecule has 0 spiro atoms. The lowest BCUT2D eigenvalue weighted by Gasteiger charge is -2.25. The van der Waals surface area contributed by atoms with E-state index in [9.17, 15) is 9.59 Å². The van der Waals surface area contributed by atoms with Gasteiger partial charge in [-0.3, -0.25) is 14.7 Å².